The van der Waals surface area contributed by atoms with Crippen LogP contribution in [0.5, 0.6) is 0 Å². The van der Waals surface area contributed by atoms with Crippen molar-refractivity contribution in [1.29, 1.82) is 0 Å². The van der Waals surface area contributed by atoms with Crippen molar-refractivity contribution in [2.45, 2.75) is 59.2 Å². The van der Waals surface area contributed by atoms with Gasteiger partial charge in [0.15, 0.2) is 0 Å². The third-order valence-electron chi connectivity index (χ3n) is 3.86. The van der Waals surface area contributed by atoms with Gasteiger partial charge in [-0.05, 0) is 41.0 Å². The topological polar surface area (TPSA) is 62.7 Å². The Morgan fingerprint density at radius 3 is 2.68 bits per heavy atom. The lowest BCUT2D eigenvalue weighted by atomic mass is 9.92. The zero-order valence-corrected chi connectivity index (χ0v) is 14.9. The predicted octanol–water partition coefficient (Wildman–Crippen LogP) is 2.92. The van der Waals surface area contributed by atoms with Gasteiger partial charge in [-0.25, -0.2) is 9.78 Å². The summed E-state index contributed by atoms with van der Waals surface area (Å²) < 4.78 is 5.43. The molecule has 1 saturated heterocycles. The lowest BCUT2D eigenvalue weighted by Gasteiger charge is -2.36. The number of carbonyl (C=O) groups excluding carboxylic acids is 1. The Bertz CT molecular complexity index is 516. The van der Waals surface area contributed by atoms with Crippen molar-refractivity contribution >= 4 is 17.4 Å². The molecule has 0 aromatic carbocycles. The van der Waals surface area contributed by atoms with Crippen LogP contribution in [0.1, 0.15) is 42.8 Å². The SMILES string of the molecule is Cc1nc(CC2CN(C(=O)OC(C)(C)C)CCC2O)sc1C. The van der Waals surface area contributed by atoms with Crippen LogP contribution in [0.3, 0.4) is 0 Å². The molecule has 1 fully saturated rings. The normalized spacial score (nSPS) is 22.7. The van der Waals surface area contributed by atoms with E-state index in [0.717, 1.165) is 10.7 Å². The molecule has 2 atom stereocenters. The smallest absolute Gasteiger partial charge is 0.410 e. The number of piperidine rings is 1. The molecule has 1 N–H and O–H groups in total. The molecule has 1 aliphatic rings. The number of likely N-dealkylation sites (tertiary alicyclic amines) is 1. The van der Waals surface area contributed by atoms with Gasteiger partial charge in [0.05, 0.1) is 16.8 Å². The number of hydrogen-bond acceptors (Lipinski definition) is 5. The molecule has 5 nitrogen and oxygen atoms in total. The average molecular weight is 326 g/mol. The van der Waals surface area contributed by atoms with E-state index in [4.69, 9.17) is 4.74 Å². The number of aryl methyl sites for hydroxylation is 2. The summed E-state index contributed by atoms with van der Waals surface area (Å²) in [5.41, 5.74) is 0.556. The Labute approximate surface area is 136 Å². The van der Waals surface area contributed by atoms with Crippen molar-refractivity contribution in [2.24, 2.45) is 5.92 Å². The molecule has 2 rings (SSSR count). The molecule has 0 aliphatic carbocycles. The van der Waals surface area contributed by atoms with Gasteiger partial charge in [-0.3, -0.25) is 0 Å². The molecule has 0 saturated carbocycles. The molecule has 22 heavy (non-hydrogen) atoms. The quantitative estimate of drug-likeness (QED) is 0.907. The third kappa shape index (κ3) is 4.43. The summed E-state index contributed by atoms with van der Waals surface area (Å²) in [5, 5.41) is 11.3. The van der Waals surface area contributed by atoms with Crippen molar-refractivity contribution in [3.63, 3.8) is 0 Å². The Morgan fingerprint density at radius 1 is 1.45 bits per heavy atom. The zero-order chi connectivity index (χ0) is 16.5. The van der Waals surface area contributed by atoms with Gasteiger partial charge in [0.1, 0.15) is 5.60 Å². The highest BCUT2D eigenvalue weighted by atomic mass is 32.1. The minimum Gasteiger partial charge on any atom is -0.444 e. The van der Waals surface area contributed by atoms with Crippen LogP contribution in [-0.2, 0) is 11.2 Å². The van der Waals surface area contributed by atoms with Crippen LogP contribution >= 0.6 is 11.3 Å². The summed E-state index contributed by atoms with van der Waals surface area (Å²) in [6.07, 6.45) is 0.617. The second-order valence-electron chi connectivity index (χ2n) is 7.00. The second kappa shape index (κ2) is 6.54. The van der Waals surface area contributed by atoms with Gasteiger partial charge >= 0.3 is 6.09 Å². The second-order valence-corrected chi connectivity index (χ2v) is 8.28. The first kappa shape index (κ1) is 17.2. The van der Waals surface area contributed by atoms with Crippen LogP contribution in [0, 0.1) is 19.8 Å². The number of rotatable bonds is 2. The number of aliphatic hydroxyl groups excluding tert-OH is 1. The minimum atomic E-state index is -0.494. The Hall–Kier alpha value is -1.14. The lowest BCUT2D eigenvalue weighted by molar-refractivity contribution is -0.00825. The van der Waals surface area contributed by atoms with Gasteiger partial charge in [-0.15, -0.1) is 11.3 Å². The van der Waals surface area contributed by atoms with E-state index in [9.17, 15) is 9.90 Å². The lowest BCUT2D eigenvalue weighted by Crippen LogP contribution is -2.48. The Morgan fingerprint density at radius 2 is 2.14 bits per heavy atom. The van der Waals surface area contributed by atoms with E-state index in [-0.39, 0.29) is 18.1 Å². The van der Waals surface area contributed by atoms with Gasteiger partial charge in [-0.1, -0.05) is 0 Å². The minimum absolute atomic E-state index is 0.0196. The van der Waals surface area contributed by atoms with Gasteiger partial charge in [0.25, 0.3) is 0 Å². The number of carbonyl (C=O) groups is 1. The molecule has 0 bridgehead atoms. The maximum Gasteiger partial charge on any atom is 0.410 e. The summed E-state index contributed by atoms with van der Waals surface area (Å²) in [5.74, 6) is 0.0196. The van der Waals surface area contributed by atoms with Crippen molar-refractivity contribution < 1.29 is 14.6 Å². The van der Waals surface area contributed by atoms with Gasteiger partial charge < -0.3 is 14.7 Å². The first-order chi connectivity index (χ1) is 10.2. The van der Waals surface area contributed by atoms with E-state index in [1.54, 1.807) is 16.2 Å². The van der Waals surface area contributed by atoms with E-state index in [0.29, 0.717) is 25.9 Å². The Balaban J connectivity index is 2.00. The summed E-state index contributed by atoms with van der Waals surface area (Å²) in [7, 11) is 0. The number of aromatic nitrogens is 1. The maximum absolute atomic E-state index is 12.2. The molecule has 0 spiro atoms. The first-order valence-electron chi connectivity index (χ1n) is 7.74. The zero-order valence-electron chi connectivity index (χ0n) is 14.0. The molecule has 1 aliphatic heterocycles. The van der Waals surface area contributed by atoms with Crippen LogP contribution in [0.25, 0.3) is 0 Å². The highest BCUT2D eigenvalue weighted by molar-refractivity contribution is 7.11. The van der Waals surface area contributed by atoms with Gasteiger partial charge in [-0.2, -0.15) is 0 Å². The van der Waals surface area contributed by atoms with Gasteiger partial charge in [0, 0.05) is 30.3 Å². The van der Waals surface area contributed by atoms with Crippen molar-refractivity contribution in [3.05, 3.63) is 15.6 Å². The molecule has 0 radical (unpaired) electrons. The summed E-state index contributed by atoms with van der Waals surface area (Å²) in [4.78, 5) is 19.6. The fourth-order valence-corrected chi connectivity index (χ4v) is 3.59. The standard InChI is InChI=1S/C16H26N2O3S/c1-10-11(2)22-14(17-10)8-12-9-18(7-6-13(12)19)15(20)21-16(3,4)5/h12-13,19H,6-9H2,1-5H3. The van der Waals surface area contributed by atoms with Crippen molar-refractivity contribution in [1.82, 2.24) is 9.88 Å². The average Bonchev–Trinajstić information content (AvgIpc) is 2.69. The number of aliphatic hydroxyl groups is 1. The number of amides is 1. The monoisotopic (exact) mass is 326 g/mol. The van der Waals surface area contributed by atoms with Crippen LogP contribution in [-0.4, -0.2) is 45.9 Å². The molecule has 6 heteroatoms. The summed E-state index contributed by atoms with van der Waals surface area (Å²) >= 11 is 1.67. The summed E-state index contributed by atoms with van der Waals surface area (Å²) in [6.45, 7) is 10.7. The number of hydrogen-bond donors (Lipinski definition) is 1. The Kier molecular flexibility index (Phi) is 5.12. The molecule has 1 amide bonds. The molecule has 1 aromatic heterocycles. The summed E-state index contributed by atoms with van der Waals surface area (Å²) in [6, 6.07) is 0. The van der Waals surface area contributed by atoms with Crippen molar-refractivity contribution in [3.8, 4) is 0 Å². The predicted molar refractivity (Wildman–Crippen MR) is 87.2 cm³/mol. The number of nitrogens with zero attached hydrogens (tertiary/aromatic N) is 2. The van der Waals surface area contributed by atoms with Crippen LogP contribution in [0.4, 0.5) is 4.79 Å². The van der Waals surface area contributed by atoms with E-state index in [1.165, 1.54) is 4.88 Å². The van der Waals surface area contributed by atoms with Gasteiger partial charge in [0.2, 0.25) is 0 Å². The fourth-order valence-electron chi connectivity index (χ4n) is 2.56. The number of thiazole rings is 1. The third-order valence-corrected chi connectivity index (χ3v) is 4.95. The molecule has 1 aromatic rings. The largest absolute Gasteiger partial charge is 0.444 e. The van der Waals surface area contributed by atoms with Crippen molar-refractivity contribution in [2.75, 3.05) is 13.1 Å². The van der Waals surface area contributed by atoms with Crippen LogP contribution in [0.2, 0.25) is 0 Å². The van der Waals surface area contributed by atoms with Crippen LogP contribution < -0.4 is 0 Å². The highest BCUT2D eigenvalue weighted by Crippen LogP contribution is 2.26. The highest BCUT2D eigenvalue weighted by Gasteiger charge is 2.33. The van der Waals surface area contributed by atoms with E-state index in [2.05, 4.69) is 11.9 Å². The molecule has 2 heterocycles. The number of ether oxygens (including phenoxy) is 1. The molecular weight excluding hydrogens is 300 g/mol. The first-order valence-corrected chi connectivity index (χ1v) is 8.56. The molecule has 124 valence electrons. The van der Waals surface area contributed by atoms with Crippen LogP contribution in [0.15, 0.2) is 0 Å². The fraction of sp³-hybridized carbons (Fsp3) is 0.750. The van der Waals surface area contributed by atoms with E-state index < -0.39 is 5.60 Å². The van der Waals surface area contributed by atoms with E-state index >= 15 is 0 Å². The van der Waals surface area contributed by atoms with E-state index in [1.807, 2.05) is 27.7 Å². The molecule has 2 unspecified atom stereocenters. The molecular formula is C16H26N2O3S. The maximum atomic E-state index is 12.2.